The van der Waals surface area contributed by atoms with E-state index in [1.54, 1.807) is 48.5 Å². The minimum absolute atomic E-state index is 0.469. The molecular formula is C16H14ClN3O2. The van der Waals surface area contributed by atoms with Gasteiger partial charge in [-0.25, -0.2) is 10.2 Å². The molecule has 6 heteroatoms. The summed E-state index contributed by atoms with van der Waals surface area (Å²) < 4.78 is 0. The Morgan fingerprint density at radius 1 is 0.909 bits per heavy atom. The van der Waals surface area contributed by atoms with E-state index in [4.69, 9.17) is 11.6 Å². The van der Waals surface area contributed by atoms with Gasteiger partial charge in [0, 0.05) is 16.8 Å². The van der Waals surface area contributed by atoms with Crippen molar-refractivity contribution in [3.63, 3.8) is 0 Å². The quantitative estimate of drug-likeness (QED) is 0.601. The molecule has 0 saturated carbocycles. The largest absolute Gasteiger partial charge is 0.337 e. The molecule has 2 rings (SSSR count). The highest BCUT2D eigenvalue weighted by Crippen LogP contribution is 2.15. The van der Waals surface area contributed by atoms with Crippen LogP contribution in [0.15, 0.2) is 60.7 Å². The van der Waals surface area contributed by atoms with Crippen molar-refractivity contribution in [2.24, 2.45) is 0 Å². The predicted octanol–water partition coefficient (Wildman–Crippen LogP) is 3.21. The summed E-state index contributed by atoms with van der Waals surface area (Å²) in [6, 6.07) is 15.5. The van der Waals surface area contributed by atoms with Gasteiger partial charge in [0.15, 0.2) is 0 Å². The van der Waals surface area contributed by atoms with Crippen molar-refractivity contribution in [1.82, 2.24) is 10.9 Å². The zero-order valence-corrected chi connectivity index (χ0v) is 12.3. The number of carbonyl (C=O) groups is 2. The molecule has 0 spiro atoms. The summed E-state index contributed by atoms with van der Waals surface area (Å²) in [6.45, 7) is 0. The van der Waals surface area contributed by atoms with Crippen LogP contribution in [0.2, 0.25) is 5.02 Å². The fourth-order valence-corrected chi connectivity index (χ4v) is 1.82. The average Bonchev–Trinajstić information content (AvgIpc) is 2.53. The Bertz CT molecular complexity index is 687. The molecule has 0 heterocycles. The molecule has 0 fully saturated rings. The van der Waals surface area contributed by atoms with Gasteiger partial charge in [0.25, 0.3) is 5.91 Å². The molecular weight excluding hydrogens is 302 g/mol. The van der Waals surface area contributed by atoms with Gasteiger partial charge in [-0.2, -0.15) is 0 Å². The molecule has 2 aromatic rings. The van der Waals surface area contributed by atoms with Crippen LogP contribution < -0.4 is 16.2 Å². The van der Waals surface area contributed by atoms with Crippen molar-refractivity contribution in [2.45, 2.75) is 0 Å². The van der Waals surface area contributed by atoms with Crippen LogP contribution in [0.3, 0.4) is 0 Å². The number of carbonyl (C=O) groups excluding carboxylic acids is 2. The standard InChI is InChI=1S/C16H14ClN3O2/c17-14-9-5-4-6-12(14)10-11-15(21)19-20-16(22)18-13-7-2-1-3-8-13/h1-11H,(H,19,21)(H2,18,20,22). The van der Waals surface area contributed by atoms with Crippen LogP contribution in [-0.4, -0.2) is 11.9 Å². The zero-order valence-electron chi connectivity index (χ0n) is 11.5. The predicted molar refractivity (Wildman–Crippen MR) is 87.2 cm³/mol. The number of halogens is 1. The normalized spacial score (nSPS) is 10.2. The Labute approximate surface area is 133 Å². The van der Waals surface area contributed by atoms with Gasteiger partial charge < -0.3 is 5.32 Å². The van der Waals surface area contributed by atoms with Crippen molar-refractivity contribution in [2.75, 3.05) is 5.32 Å². The number of anilines is 1. The van der Waals surface area contributed by atoms with E-state index in [2.05, 4.69) is 16.2 Å². The molecule has 0 bridgehead atoms. The van der Waals surface area contributed by atoms with Gasteiger partial charge >= 0.3 is 6.03 Å². The van der Waals surface area contributed by atoms with Crippen molar-refractivity contribution in [3.05, 3.63) is 71.3 Å². The average molecular weight is 316 g/mol. The third-order valence-electron chi connectivity index (χ3n) is 2.65. The molecule has 5 nitrogen and oxygen atoms in total. The van der Waals surface area contributed by atoms with E-state index in [1.807, 2.05) is 12.1 Å². The Balaban J connectivity index is 1.80. The van der Waals surface area contributed by atoms with Crippen LogP contribution in [0.25, 0.3) is 6.08 Å². The molecule has 3 amide bonds. The molecule has 0 aliphatic rings. The zero-order chi connectivity index (χ0) is 15.8. The minimum atomic E-state index is -0.536. The fourth-order valence-electron chi connectivity index (χ4n) is 1.62. The lowest BCUT2D eigenvalue weighted by Crippen LogP contribution is -2.43. The molecule has 0 aliphatic carbocycles. The van der Waals surface area contributed by atoms with Gasteiger partial charge in [0.1, 0.15) is 0 Å². The second-order valence-corrected chi connectivity index (χ2v) is 4.70. The second kappa shape index (κ2) is 7.85. The Hall–Kier alpha value is -2.79. The van der Waals surface area contributed by atoms with Crippen LogP contribution >= 0.6 is 11.6 Å². The number of para-hydroxylation sites is 1. The summed E-state index contributed by atoms with van der Waals surface area (Å²) in [5.74, 6) is -0.469. The number of urea groups is 1. The molecule has 3 N–H and O–H groups in total. The number of nitrogens with one attached hydrogen (secondary N) is 3. The molecule has 112 valence electrons. The van der Waals surface area contributed by atoms with Crippen LogP contribution in [0.5, 0.6) is 0 Å². The SMILES string of the molecule is O=C(C=Cc1ccccc1Cl)NNC(=O)Nc1ccccc1. The third-order valence-corrected chi connectivity index (χ3v) is 2.99. The topological polar surface area (TPSA) is 70.2 Å². The third kappa shape index (κ3) is 4.96. The van der Waals surface area contributed by atoms with E-state index >= 15 is 0 Å². The van der Waals surface area contributed by atoms with Crippen molar-refractivity contribution in [3.8, 4) is 0 Å². The lowest BCUT2D eigenvalue weighted by atomic mass is 10.2. The first-order valence-corrected chi connectivity index (χ1v) is 6.87. The van der Waals surface area contributed by atoms with Crippen LogP contribution in [0, 0.1) is 0 Å². The number of benzene rings is 2. The van der Waals surface area contributed by atoms with E-state index in [0.29, 0.717) is 16.3 Å². The maximum Gasteiger partial charge on any atom is 0.337 e. The highest BCUT2D eigenvalue weighted by atomic mass is 35.5. The van der Waals surface area contributed by atoms with E-state index < -0.39 is 11.9 Å². The van der Waals surface area contributed by atoms with Gasteiger partial charge in [-0.05, 0) is 29.8 Å². The van der Waals surface area contributed by atoms with Crippen molar-refractivity contribution < 1.29 is 9.59 Å². The van der Waals surface area contributed by atoms with E-state index in [9.17, 15) is 9.59 Å². The number of hydrazine groups is 1. The first kappa shape index (κ1) is 15.6. The van der Waals surface area contributed by atoms with E-state index in [-0.39, 0.29) is 0 Å². The van der Waals surface area contributed by atoms with Crippen molar-refractivity contribution >= 4 is 35.3 Å². The molecule has 0 saturated heterocycles. The van der Waals surface area contributed by atoms with Gasteiger partial charge in [-0.3, -0.25) is 10.2 Å². The Morgan fingerprint density at radius 2 is 1.59 bits per heavy atom. The van der Waals surface area contributed by atoms with E-state index in [0.717, 1.165) is 0 Å². The number of hydrogen-bond acceptors (Lipinski definition) is 2. The number of amides is 3. The molecule has 0 aromatic heterocycles. The monoisotopic (exact) mass is 315 g/mol. The first-order valence-electron chi connectivity index (χ1n) is 6.50. The molecule has 2 aromatic carbocycles. The summed E-state index contributed by atoms with van der Waals surface area (Å²) >= 11 is 5.96. The van der Waals surface area contributed by atoms with Crippen LogP contribution in [0.4, 0.5) is 10.5 Å². The number of rotatable bonds is 3. The second-order valence-electron chi connectivity index (χ2n) is 4.29. The number of hydrogen-bond donors (Lipinski definition) is 3. The summed E-state index contributed by atoms with van der Waals surface area (Å²) in [5, 5.41) is 3.11. The summed E-state index contributed by atoms with van der Waals surface area (Å²) in [5.41, 5.74) is 5.85. The lowest BCUT2D eigenvalue weighted by Gasteiger charge is -2.07. The van der Waals surface area contributed by atoms with Gasteiger partial charge in [0.05, 0.1) is 0 Å². The molecule has 22 heavy (non-hydrogen) atoms. The van der Waals surface area contributed by atoms with Crippen LogP contribution in [0.1, 0.15) is 5.56 Å². The van der Waals surface area contributed by atoms with E-state index in [1.165, 1.54) is 6.08 Å². The molecule has 0 aliphatic heterocycles. The summed E-state index contributed by atoms with van der Waals surface area (Å²) in [7, 11) is 0. The van der Waals surface area contributed by atoms with Gasteiger partial charge in [0.2, 0.25) is 0 Å². The highest BCUT2D eigenvalue weighted by Gasteiger charge is 2.02. The lowest BCUT2D eigenvalue weighted by molar-refractivity contribution is -0.117. The molecule has 0 radical (unpaired) electrons. The summed E-state index contributed by atoms with van der Waals surface area (Å²) in [6.07, 6.45) is 2.85. The summed E-state index contributed by atoms with van der Waals surface area (Å²) in [4.78, 5) is 23.2. The maximum absolute atomic E-state index is 11.6. The molecule has 0 atom stereocenters. The Morgan fingerprint density at radius 3 is 2.32 bits per heavy atom. The minimum Gasteiger partial charge on any atom is -0.307 e. The van der Waals surface area contributed by atoms with Gasteiger partial charge in [-0.15, -0.1) is 0 Å². The highest BCUT2D eigenvalue weighted by molar-refractivity contribution is 6.32. The Kier molecular flexibility index (Phi) is 5.57. The fraction of sp³-hybridized carbons (Fsp3) is 0. The maximum atomic E-state index is 11.6. The van der Waals surface area contributed by atoms with Crippen molar-refractivity contribution in [1.29, 1.82) is 0 Å². The molecule has 0 unspecified atom stereocenters. The first-order chi connectivity index (χ1) is 10.6. The smallest absolute Gasteiger partial charge is 0.307 e. The van der Waals surface area contributed by atoms with Crippen LogP contribution in [-0.2, 0) is 4.79 Å². The van der Waals surface area contributed by atoms with Gasteiger partial charge in [-0.1, -0.05) is 48.0 Å².